The molecule has 0 unspecified atom stereocenters. The van der Waals surface area contributed by atoms with Gasteiger partial charge in [-0.2, -0.15) is 10.1 Å². The summed E-state index contributed by atoms with van der Waals surface area (Å²) in [6.07, 6.45) is 4.32. The first-order valence-corrected chi connectivity index (χ1v) is 6.57. The van der Waals surface area contributed by atoms with E-state index in [1.165, 1.54) is 17.7 Å². The topological polar surface area (TPSA) is 74.7 Å². The van der Waals surface area contributed by atoms with Crippen molar-refractivity contribution in [2.75, 3.05) is 19.0 Å². The lowest BCUT2D eigenvalue weighted by Crippen LogP contribution is -2.15. The van der Waals surface area contributed by atoms with Crippen LogP contribution in [0.2, 0.25) is 0 Å². The Bertz CT molecular complexity index is 554. The highest BCUT2D eigenvalue weighted by Crippen LogP contribution is 2.17. The molecule has 0 atom stereocenters. The Morgan fingerprint density at radius 3 is 3.11 bits per heavy atom. The quantitative estimate of drug-likeness (QED) is 0.810. The summed E-state index contributed by atoms with van der Waals surface area (Å²) in [5.74, 6) is 1.57. The van der Waals surface area contributed by atoms with Gasteiger partial charge in [-0.1, -0.05) is 0 Å². The Balaban J connectivity index is 1.55. The summed E-state index contributed by atoms with van der Waals surface area (Å²) in [4.78, 5) is 6.26. The third kappa shape index (κ3) is 2.46. The number of fused-ring (bicyclic) bond motifs is 1. The first-order valence-electron chi connectivity index (χ1n) is 6.57. The Kier molecular flexibility index (Phi) is 3.20. The van der Waals surface area contributed by atoms with Crippen LogP contribution in [0.15, 0.2) is 6.20 Å². The fourth-order valence-corrected chi connectivity index (χ4v) is 2.36. The van der Waals surface area contributed by atoms with Crippen molar-refractivity contribution < 1.29 is 0 Å². The summed E-state index contributed by atoms with van der Waals surface area (Å²) in [5.41, 5.74) is 2.67. The van der Waals surface area contributed by atoms with Crippen molar-refractivity contribution in [3.8, 4) is 0 Å². The van der Waals surface area contributed by atoms with Gasteiger partial charge in [-0.25, -0.2) is 0 Å². The van der Waals surface area contributed by atoms with E-state index in [0.29, 0.717) is 12.5 Å². The molecule has 0 aromatic carbocycles. The van der Waals surface area contributed by atoms with Gasteiger partial charge in [0.05, 0.1) is 12.7 Å². The predicted octanol–water partition coefficient (Wildman–Crippen LogP) is 0.303. The maximum Gasteiger partial charge on any atom is 0.244 e. The predicted molar refractivity (Wildman–Crippen MR) is 71.8 cm³/mol. The molecule has 0 saturated carbocycles. The Morgan fingerprint density at radius 1 is 1.42 bits per heavy atom. The molecule has 2 N–H and O–H groups in total. The van der Waals surface area contributed by atoms with E-state index in [1.54, 1.807) is 0 Å². The number of hydrogen-bond acceptors (Lipinski definition) is 5. The molecule has 0 aliphatic carbocycles. The highest BCUT2D eigenvalue weighted by atomic mass is 15.3. The van der Waals surface area contributed by atoms with Crippen LogP contribution in [0.25, 0.3) is 0 Å². The summed E-state index contributed by atoms with van der Waals surface area (Å²) in [6.45, 7) is 2.57. The number of H-pyrrole nitrogens is 1. The molecule has 0 radical (unpaired) electrons. The SMILES string of the molecule is CN(C)c1n[nH]c(CNCc2cnn3c2CCC3)n1. The van der Waals surface area contributed by atoms with E-state index in [1.807, 2.05) is 25.2 Å². The molecule has 3 heterocycles. The molecular formula is C12H19N7. The minimum Gasteiger partial charge on any atom is -0.346 e. The maximum atomic E-state index is 4.38. The second-order valence-corrected chi connectivity index (χ2v) is 5.02. The zero-order chi connectivity index (χ0) is 13.2. The minimum atomic E-state index is 0.686. The molecule has 0 amide bonds. The van der Waals surface area contributed by atoms with Gasteiger partial charge in [0.1, 0.15) is 5.82 Å². The van der Waals surface area contributed by atoms with Gasteiger partial charge in [-0.15, -0.1) is 5.10 Å². The Hall–Kier alpha value is -1.89. The van der Waals surface area contributed by atoms with Crippen molar-refractivity contribution >= 4 is 5.95 Å². The van der Waals surface area contributed by atoms with Crippen LogP contribution in [0.3, 0.4) is 0 Å². The highest BCUT2D eigenvalue weighted by Gasteiger charge is 2.15. The number of aromatic amines is 1. The lowest BCUT2D eigenvalue weighted by molar-refractivity contribution is 0.655. The molecule has 1 aliphatic heterocycles. The smallest absolute Gasteiger partial charge is 0.244 e. The van der Waals surface area contributed by atoms with E-state index in [2.05, 4.69) is 30.3 Å². The summed E-state index contributed by atoms with van der Waals surface area (Å²) >= 11 is 0. The Morgan fingerprint density at radius 2 is 2.32 bits per heavy atom. The Labute approximate surface area is 112 Å². The fraction of sp³-hybridized carbons (Fsp3) is 0.583. The van der Waals surface area contributed by atoms with Crippen LogP contribution in [0.4, 0.5) is 5.95 Å². The molecule has 0 saturated heterocycles. The number of aromatic nitrogens is 5. The number of hydrogen-bond donors (Lipinski definition) is 2. The number of aryl methyl sites for hydroxylation is 1. The van der Waals surface area contributed by atoms with Crippen LogP contribution in [-0.2, 0) is 26.1 Å². The summed E-state index contributed by atoms with van der Waals surface area (Å²) in [7, 11) is 3.85. The fourth-order valence-electron chi connectivity index (χ4n) is 2.36. The van der Waals surface area contributed by atoms with E-state index >= 15 is 0 Å². The lowest BCUT2D eigenvalue weighted by atomic mass is 10.2. The van der Waals surface area contributed by atoms with Gasteiger partial charge < -0.3 is 10.2 Å². The van der Waals surface area contributed by atoms with Crippen LogP contribution < -0.4 is 10.2 Å². The first kappa shape index (κ1) is 12.2. The average Bonchev–Trinajstić information content (AvgIpc) is 3.05. The van der Waals surface area contributed by atoms with Crippen LogP contribution >= 0.6 is 0 Å². The molecule has 3 rings (SSSR count). The van der Waals surface area contributed by atoms with Crippen LogP contribution in [0, 0.1) is 0 Å². The second-order valence-electron chi connectivity index (χ2n) is 5.02. The number of nitrogens with zero attached hydrogens (tertiary/aromatic N) is 5. The van der Waals surface area contributed by atoms with Crippen molar-refractivity contribution in [2.24, 2.45) is 0 Å². The van der Waals surface area contributed by atoms with Gasteiger partial charge in [0.2, 0.25) is 5.95 Å². The molecule has 0 fully saturated rings. The first-order chi connectivity index (χ1) is 9.24. The summed E-state index contributed by atoms with van der Waals surface area (Å²) in [6, 6.07) is 0. The van der Waals surface area contributed by atoms with E-state index in [9.17, 15) is 0 Å². The van der Waals surface area contributed by atoms with Gasteiger partial charge in [-0.3, -0.25) is 9.78 Å². The molecule has 2 aromatic rings. The van der Waals surface area contributed by atoms with Crippen LogP contribution in [0.1, 0.15) is 23.5 Å². The van der Waals surface area contributed by atoms with Crippen molar-refractivity contribution in [1.82, 2.24) is 30.3 Å². The molecule has 19 heavy (non-hydrogen) atoms. The van der Waals surface area contributed by atoms with E-state index in [0.717, 1.165) is 25.3 Å². The van der Waals surface area contributed by atoms with Crippen molar-refractivity contribution in [3.05, 3.63) is 23.3 Å². The second kappa shape index (κ2) is 5.00. The van der Waals surface area contributed by atoms with Crippen LogP contribution in [-0.4, -0.2) is 39.1 Å². The number of rotatable bonds is 5. The monoisotopic (exact) mass is 261 g/mol. The van der Waals surface area contributed by atoms with Crippen molar-refractivity contribution in [2.45, 2.75) is 32.5 Å². The summed E-state index contributed by atoms with van der Waals surface area (Å²) in [5, 5.41) is 14.8. The third-order valence-corrected chi connectivity index (χ3v) is 3.35. The standard InChI is InChI=1S/C12H19N7/c1-18(2)12-15-11(16-17-12)8-13-6-9-7-14-19-5-3-4-10(9)19/h7,13H,3-6,8H2,1-2H3,(H,15,16,17). The van der Waals surface area contributed by atoms with Gasteiger partial charge in [0, 0.05) is 38.4 Å². The third-order valence-electron chi connectivity index (χ3n) is 3.35. The minimum absolute atomic E-state index is 0.686. The van der Waals surface area contributed by atoms with Crippen molar-refractivity contribution in [1.29, 1.82) is 0 Å². The number of nitrogens with one attached hydrogen (secondary N) is 2. The molecule has 2 aromatic heterocycles. The van der Waals surface area contributed by atoms with E-state index in [4.69, 9.17) is 0 Å². The highest BCUT2D eigenvalue weighted by molar-refractivity contribution is 5.25. The molecule has 0 spiro atoms. The van der Waals surface area contributed by atoms with Gasteiger partial charge in [0.25, 0.3) is 0 Å². The lowest BCUT2D eigenvalue weighted by Gasteiger charge is -2.04. The van der Waals surface area contributed by atoms with Gasteiger partial charge in [-0.05, 0) is 12.8 Å². The molecule has 7 heteroatoms. The van der Waals surface area contributed by atoms with Gasteiger partial charge in [0.15, 0.2) is 0 Å². The number of anilines is 1. The van der Waals surface area contributed by atoms with E-state index in [-0.39, 0.29) is 0 Å². The van der Waals surface area contributed by atoms with Gasteiger partial charge >= 0.3 is 0 Å². The zero-order valence-corrected chi connectivity index (χ0v) is 11.3. The van der Waals surface area contributed by atoms with Crippen molar-refractivity contribution in [3.63, 3.8) is 0 Å². The molecule has 1 aliphatic rings. The zero-order valence-electron chi connectivity index (χ0n) is 11.3. The maximum absolute atomic E-state index is 4.38. The van der Waals surface area contributed by atoms with Crippen LogP contribution in [0.5, 0.6) is 0 Å². The molecule has 7 nitrogen and oxygen atoms in total. The molecular weight excluding hydrogens is 242 g/mol. The summed E-state index contributed by atoms with van der Waals surface area (Å²) < 4.78 is 2.11. The van der Waals surface area contributed by atoms with E-state index < -0.39 is 0 Å². The molecule has 102 valence electrons. The largest absolute Gasteiger partial charge is 0.346 e. The normalized spacial score (nSPS) is 13.8. The average molecular weight is 261 g/mol. The molecule has 0 bridgehead atoms.